The maximum absolute atomic E-state index is 11.7. The van der Waals surface area contributed by atoms with Crippen LogP contribution in [0.25, 0.3) is 0 Å². The molecule has 20 heavy (non-hydrogen) atoms. The van der Waals surface area contributed by atoms with Crippen LogP contribution in [0.1, 0.15) is 36.4 Å². The van der Waals surface area contributed by atoms with Crippen molar-refractivity contribution in [2.24, 2.45) is 5.92 Å². The Morgan fingerprint density at radius 2 is 2.15 bits per heavy atom. The number of amides is 2. The fourth-order valence-corrected chi connectivity index (χ4v) is 2.47. The Bertz CT molecular complexity index is 418. The molecule has 0 spiro atoms. The number of hydrogen-bond acceptors (Lipinski definition) is 4. The van der Waals surface area contributed by atoms with E-state index in [1.54, 1.807) is 6.07 Å². The summed E-state index contributed by atoms with van der Waals surface area (Å²) in [4.78, 5) is 24.0. The van der Waals surface area contributed by atoms with Gasteiger partial charge in [-0.25, -0.2) is 0 Å². The van der Waals surface area contributed by atoms with Gasteiger partial charge in [-0.1, -0.05) is 19.9 Å². The lowest BCUT2D eigenvalue weighted by Crippen LogP contribution is -2.39. The van der Waals surface area contributed by atoms with Crippen molar-refractivity contribution in [1.82, 2.24) is 10.6 Å². The molecule has 1 unspecified atom stereocenters. The van der Waals surface area contributed by atoms with E-state index in [9.17, 15) is 14.7 Å². The van der Waals surface area contributed by atoms with E-state index in [0.717, 1.165) is 6.42 Å². The molecule has 0 aromatic carbocycles. The maximum atomic E-state index is 11.7. The van der Waals surface area contributed by atoms with E-state index in [1.807, 2.05) is 25.3 Å². The lowest BCUT2D eigenvalue weighted by atomic mass is 10.0. The highest BCUT2D eigenvalue weighted by atomic mass is 32.1. The Hall–Kier alpha value is -1.40. The maximum Gasteiger partial charge on any atom is 0.261 e. The van der Waals surface area contributed by atoms with E-state index < -0.39 is 0 Å². The van der Waals surface area contributed by atoms with Gasteiger partial charge in [-0.05, 0) is 23.8 Å². The van der Waals surface area contributed by atoms with Crippen molar-refractivity contribution in [3.05, 3.63) is 22.4 Å². The van der Waals surface area contributed by atoms with Crippen LogP contribution in [0.15, 0.2) is 17.5 Å². The summed E-state index contributed by atoms with van der Waals surface area (Å²) in [6, 6.07) is 3.34. The highest BCUT2D eigenvalue weighted by Crippen LogP contribution is 2.07. The van der Waals surface area contributed by atoms with Gasteiger partial charge in [0.2, 0.25) is 5.91 Å². The number of carbonyl (C=O) groups excluding carboxylic acids is 2. The van der Waals surface area contributed by atoms with Gasteiger partial charge in [-0.3, -0.25) is 9.59 Å². The molecule has 0 bridgehead atoms. The third kappa shape index (κ3) is 6.16. The van der Waals surface area contributed by atoms with Crippen LogP contribution in [0.2, 0.25) is 0 Å². The first-order valence-electron chi connectivity index (χ1n) is 6.74. The smallest absolute Gasteiger partial charge is 0.261 e. The molecule has 0 saturated carbocycles. The van der Waals surface area contributed by atoms with Gasteiger partial charge < -0.3 is 15.7 Å². The Morgan fingerprint density at radius 3 is 2.70 bits per heavy atom. The second-order valence-electron chi connectivity index (χ2n) is 5.06. The number of carbonyl (C=O) groups is 2. The van der Waals surface area contributed by atoms with Crippen molar-refractivity contribution in [1.29, 1.82) is 0 Å². The minimum Gasteiger partial charge on any atom is -0.394 e. The average Bonchev–Trinajstić information content (AvgIpc) is 2.91. The summed E-state index contributed by atoms with van der Waals surface area (Å²) < 4.78 is 0. The van der Waals surface area contributed by atoms with Crippen LogP contribution < -0.4 is 10.6 Å². The Kier molecular flexibility index (Phi) is 7.25. The van der Waals surface area contributed by atoms with Crippen LogP contribution in [0.5, 0.6) is 0 Å². The van der Waals surface area contributed by atoms with Gasteiger partial charge in [-0.15, -0.1) is 11.3 Å². The van der Waals surface area contributed by atoms with Gasteiger partial charge in [-0.2, -0.15) is 0 Å². The first-order valence-corrected chi connectivity index (χ1v) is 7.62. The van der Waals surface area contributed by atoms with E-state index in [2.05, 4.69) is 10.6 Å². The summed E-state index contributed by atoms with van der Waals surface area (Å²) in [7, 11) is 0. The molecule has 0 fully saturated rings. The molecule has 5 nitrogen and oxygen atoms in total. The van der Waals surface area contributed by atoms with Gasteiger partial charge in [0.1, 0.15) is 0 Å². The molecular weight excluding hydrogens is 276 g/mol. The molecule has 6 heteroatoms. The molecule has 0 saturated heterocycles. The summed E-state index contributed by atoms with van der Waals surface area (Å²) in [5.74, 6) is 0.0934. The van der Waals surface area contributed by atoms with Gasteiger partial charge in [0, 0.05) is 13.0 Å². The normalized spacial score (nSPS) is 12.2. The SMILES string of the molecule is CC(C)CC(CO)NC(=O)CCNC(=O)c1cccs1. The van der Waals surface area contributed by atoms with E-state index in [1.165, 1.54) is 11.3 Å². The molecule has 1 rings (SSSR count). The van der Waals surface area contributed by atoms with Crippen molar-refractivity contribution < 1.29 is 14.7 Å². The number of aliphatic hydroxyl groups is 1. The molecule has 0 radical (unpaired) electrons. The standard InChI is InChI=1S/C14H22N2O3S/c1-10(2)8-11(9-17)16-13(18)5-6-15-14(19)12-4-3-7-20-12/h3-4,7,10-11,17H,5-6,8-9H2,1-2H3,(H,15,19)(H,16,18). The largest absolute Gasteiger partial charge is 0.394 e. The van der Waals surface area contributed by atoms with Gasteiger partial charge in [0.25, 0.3) is 5.91 Å². The highest BCUT2D eigenvalue weighted by Gasteiger charge is 2.13. The average molecular weight is 298 g/mol. The van der Waals surface area contributed by atoms with Crippen molar-refractivity contribution >= 4 is 23.2 Å². The lowest BCUT2D eigenvalue weighted by molar-refractivity contribution is -0.122. The zero-order valence-electron chi connectivity index (χ0n) is 11.9. The second-order valence-corrected chi connectivity index (χ2v) is 6.01. The number of nitrogens with one attached hydrogen (secondary N) is 2. The third-order valence-electron chi connectivity index (χ3n) is 2.72. The first kappa shape index (κ1) is 16.7. The highest BCUT2D eigenvalue weighted by molar-refractivity contribution is 7.12. The zero-order chi connectivity index (χ0) is 15.0. The zero-order valence-corrected chi connectivity index (χ0v) is 12.7. The van der Waals surface area contributed by atoms with Gasteiger partial charge in [0.15, 0.2) is 0 Å². The van der Waals surface area contributed by atoms with Crippen LogP contribution in [0, 0.1) is 5.92 Å². The van der Waals surface area contributed by atoms with Crippen LogP contribution in [-0.4, -0.2) is 36.1 Å². The molecule has 2 amide bonds. The molecule has 3 N–H and O–H groups in total. The molecule has 112 valence electrons. The molecule has 0 aliphatic carbocycles. The Morgan fingerprint density at radius 1 is 1.40 bits per heavy atom. The summed E-state index contributed by atoms with van der Waals surface area (Å²) in [5, 5.41) is 16.5. The number of rotatable bonds is 8. The molecule has 1 atom stereocenters. The van der Waals surface area contributed by atoms with Gasteiger partial charge >= 0.3 is 0 Å². The fourth-order valence-electron chi connectivity index (χ4n) is 1.83. The molecule has 0 aliphatic heterocycles. The van der Waals surface area contributed by atoms with Crippen LogP contribution in [0.3, 0.4) is 0 Å². The van der Waals surface area contributed by atoms with E-state index in [0.29, 0.717) is 17.3 Å². The van der Waals surface area contributed by atoms with Crippen molar-refractivity contribution in [2.75, 3.05) is 13.2 Å². The summed E-state index contributed by atoms with van der Waals surface area (Å²) in [6.45, 7) is 4.31. The van der Waals surface area contributed by atoms with Gasteiger partial charge in [0.05, 0.1) is 17.5 Å². The quantitative estimate of drug-likeness (QED) is 0.678. The van der Waals surface area contributed by atoms with Crippen molar-refractivity contribution in [3.8, 4) is 0 Å². The van der Waals surface area contributed by atoms with Crippen LogP contribution in [0.4, 0.5) is 0 Å². The topological polar surface area (TPSA) is 78.4 Å². The minimum absolute atomic E-state index is 0.0640. The Labute approximate surface area is 123 Å². The summed E-state index contributed by atoms with van der Waals surface area (Å²) >= 11 is 1.37. The first-order chi connectivity index (χ1) is 9.52. The molecular formula is C14H22N2O3S. The molecule has 1 aromatic heterocycles. The fraction of sp³-hybridized carbons (Fsp3) is 0.571. The summed E-state index contributed by atoms with van der Waals surface area (Å²) in [6.07, 6.45) is 0.954. The van der Waals surface area contributed by atoms with Crippen LogP contribution in [-0.2, 0) is 4.79 Å². The van der Waals surface area contributed by atoms with Crippen molar-refractivity contribution in [2.45, 2.75) is 32.7 Å². The van der Waals surface area contributed by atoms with E-state index in [4.69, 9.17) is 0 Å². The Balaban J connectivity index is 2.24. The monoisotopic (exact) mass is 298 g/mol. The third-order valence-corrected chi connectivity index (χ3v) is 3.59. The predicted octanol–water partition coefficient (Wildman–Crippen LogP) is 1.39. The number of thiophene rings is 1. The molecule has 1 aromatic rings. The van der Waals surface area contributed by atoms with Crippen LogP contribution >= 0.6 is 11.3 Å². The second kappa shape index (κ2) is 8.71. The lowest BCUT2D eigenvalue weighted by Gasteiger charge is -2.18. The number of hydrogen-bond donors (Lipinski definition) is 3. The minimum atomic E-state index is -0.213. The van der Waals surface area contributed by atoms with E-state index >= 15 is 0 Å². The predicted molar refractivity (Wildman–Crippen MR) is 79.7 cm³/mol. The summed E-state index contributed by atoms with van der Waals surface area (Å²) in [5.41, 5.74) is 0. The number of aliphatic hydroxyl groups excluding tert-OH is 1. The molecule has 0 aliphatic rings. The molecule has 1 heterocycles. The van der Waals surface area contributed by atoms with Crippen molar-refractivity contribution in [3.63, 3.8) is 0 Å². The van der Waals surface area contributed by atoms with E-state index in [-0.39, 0.29) is 30.9 Å².